The summed E-state index contributed by atoms with van der Waals surface area (Å²) in [5.41, 5.74) is 4.21. The Morgan fingerprint density at radius 3 is 2.68 bits per heavy atom. The number of aromatic nitrogens is 1. The molecule has 0 aliphatic rings. The molecule has 1 aromatic heterocycles. The number of nitrogens with one attached hydrogen (secondary N) is 1. The average molecular weight is 293 g/mol. The van der Waals surface area contributed by atoms with E-state index in [9.17, 15) is 4.79 Å². The summed E-state index contributed by atoms with van der Waals surface area (Å²) in [5, 5.41) is 1.08. The van der Waals surface area contributed by atoms with Crippen LogP contribution in [0.15, 0.2) is 60.7 Å². The van der Waals surface area contributed by atoms with E-state index in [-0.39, 0.29) is 12.5 Å². The van der Waals surface area contributed by atoms with Gasteiger partial charge in [0, 0.05) is 5.39 Å². The first kappa shape index (κ1) is 14.0. The molecule has 2 aromatic carbocycles. The molecular formula is C17H15N3O2. The summed E-state index contributed by atoms with van der Waals surface area (Å²) in [6.07, 6.45) is 0. The first-order valence-electron chi connectivity index (χ1n) is 6.85. The van der Waals surface area contributed by atoms with Gasteiger partial charge in [0.1, 0.15) is 12.4 Å². The van der Waals surface area contributed by atoms with Crippen LogP contribution in [0.25, 0.3) is 10.9 Å². The molecule has 0 aliphatic carbocycles. The van der Waals surface area contributed by atoms with Crippen molar-refractivity contribution in [3.8, 4) is 5.75 Å². The number of rotatable bonds is 4. The van der Waals surface area contributed by atoms with Crippen LogP contribution in [0.4, 0.5) is 0 Å². The Morgan fingerprint density at radius 2 is 1.82 bits per heavy atom. The summed E-state index contributed by atoms with van der Waals surface area (Å²) < 4.78 is 5.72. The first-order chi connectivity index (χ1) is 10.8. The van der Waals surface area contributed by atoms with Gasteiger partial charge in [0.25, 0.3) is 5.91 Å². The van der Waals surface area contributed by atoms with Gasteiger partial charge >= 0.3 is 0 Å². The number of ether oxygens (including phenoxy) is 1. The van der Waals surface area contributed by atoms with Gasteiger partial charge in [0.15, 0.2) is 0 Å². The van der Waals surface area contributed by atoms with E-state index in [2.05, 4.69) is 10.4 Å². The molecule has 0 saturated carbocycles. The minimum absolute atomic E-state index is 0.277. The highest BCUT2D eigenvalue weighted by Crippen LogP contribution is 2.19. The zero-order valence-corrected chi connectivity index (χ0v) is 11.8. The lowest BCUT2D eigenvalue weighted by Gasteiger charge is -2.10. The van der Waals surface area contributed by atoms with Crippen LogP contribution in [0.3, 0.4) is 0 Å². The zero-order chi connectivity index (χ0) is 15.4. The number of nitrogen functional groups attached to an aromatic ring is 1. The number of pyridine rings is 1. The van der Waals surface area contributed by atoms with E-state index in [1.807, 2.05) is 36.4 Å². The third-order valence-electron chi connectivity index (χ3n) is 3.29. The second-order valence-corrected chi connectivity index (χ2v) is 4.75. The zero-order valence-electron chi connectivity index (χ0n) is 11.8. The predicted molar refractivity (Wildman–Crippen MR) is 84.2 cm³/mol. The third kappa shape index (κ3) is 2.89. The van der Waals surface area contributed by atoms with Gasteiger partial charge in [0.05, 0.1) is 16.8 Å². The molecule has 0 unspecified atom stereocenters. The maximum atomic E-state index is 11.7. The third-order valence-corrected chi connectivity index (χ3v) is 3.29. The number of benzene rings is 2. The summed E-state index contributed by atoms with van der Waals surface area (Å²) in [4.78, 5) is 16.2. The molecule has 22 heavy (non-hydrogen) atoms. The molecule has 3 aromatic rings. The number of carbonyl (C=O) groups is 1. The van der Waals surface area contributed by atoms with E-state index < -0.39 is 0 Å². The number of fused-ring (bicyclic) bond motifs is 1. The van der Waals surface area contributed by atoms with Crippen LogP contribution in [0.2, 0.25) is 0 Å². The topological polar surface area (TPSA) is 77.2 Å². The van der Waals surface area contributed by atoms with Crippen molar-refractivity contribution in [3.05, 3.63) is 71.9 Å². The number of hydrogen-bond donors (Lipinski definition) is 2. The molecule has 0 aliphatic heterocycles. The summed E-state index contributed by atoms with van der Waals surface area (Å²) in [6.45, 7) is 0.277. The average Bonchev–Trinajstić information content (AvgIpc) is 2.59. The van der Waals surface area contributed by atoms with E-state index in [4.69, 9.17) is 10.6 Å². The van der Waals surface area contributed by atoms with Crippen LogP contribution in [0.1, 0.15) is 16.1 Å². The highest BCUT2D eigenvalue weighted by atomic mass is 16.5. The van der Waals surface area contributed by atoms with Gasteiger partial charge in [-0.15, -0.1) is 0 Å². The number of amides is 1. The molecule has 0 radical (unpaired) electrons. The van der Waals surface area contributed by atoms with Crippen molar-refractivity contribution < 1.29 is 9.53 Å². The Balaban J connectivity index is 1.81. The minimum atomic E-state index is -0.387. The Bertz CT molecular complexity index is 818. The number of hydrogen-bond acceptors (Lipinski definition) is 4. The van der Waals surface area contributed by atoms with Gasteiger partial charge in [-0.05, 0) is 24.3 Å². The lowest BCUT2D eigenvalue weighted by Crippen LogP contribution is -2.30. The van der Waals surface area contributed by atoms with Gasteiger partial charge in [-0.3, -0.25) is 10.2 Å². The number of hydrazine groups is 1. The SMILES string of the molecule is NNC(=O)c1ccccc1OCc1ccc2ccccc2n1. The number of carbonyl (C=O) groups excluding carboxylic acids is 1. The van der Waals surface area contributed by atoms with E-state index in [0.29, 0.717) is 11.3 Å². The van der Waals surface area contributed by atoms with Gasteiger partial charge < -0.3 is 4.74 Å². The second-order valence-electron chi connectivity index (χ2n) is 4.75. The van der Waals surface area contributed by atoms with Gasteiger partial charge in [-0.2, -0.15) is 0 Å². The van der Waals surface area contributed by atoms with Crippen LogP contribution in [0.5, 0.6) is 5.75 Å². The van der Waals surface area contributed by atoms with Crippen molar-refractivity contribution in [1.82, 2.24) is 10.4 Å². The fourth-order valence-electron chi connectivity index (χ4n) is 2.20. The van der Waals surface area contributed by atoms with Crippen molar-refractivity contribution in [2.24, 2.45) is 5.84 Å². The first-order valence-corrected chi connectivity index (χ1v) is 6.85. The molecule has 0 atom stereocenters. The summed E-state index contributed by atoms with van der Waals surface area (Å²) in [5.74, 6) is 5.26. The molecule has 3 rings (SSSR count). The lowest BCUT2D eigenvalue weighted by molar-refractivity contribution is 0.0949. The van der Waals surface area contributed by atoms with Crippen molar-refractivity contribution in [2.75, 3.05) is 0 Å². The van der Waals surface area contributed by atoms with Crippen molar-refractivity contribution in [1.29, 1.82) is 0 Å². The van der Waals surface area contributed by atoms with Gasteiger partial charge in [-0.25, -0.2) is 10.8 Å². The molecule has 0 fully saturated rings. The predicted octanol–water partition coefficient (Wildman–Crippen LogP) is 2.42. The molecule has 0 saturated heterocycles. The van der Waals surface area contributed by atoms with Crippen molar-refractivity contribution in [3.63, 3.8) is 0 Å². The van der Waals surface area contributed by atoms with Gasteiger partial charge in [-0.1, -0.05) is 36.4 Å². The molecule has 5 heteroatoms. The van der Waals surface area contributed by atoms with Gasteiger partial charge in [0.2, 0.25) is 0 Å². The highest BCUT2D eigenvalue weighted by molar-refractivity contribution is 5.96. The van der Waals surface area contributed by atoms with Crippen LogP contribution in [-0.4, -0.2) is 10.9 Å². The van der Waals surface area contributed by atoms with E-state index in [0.717, 1.165) is 16.6 Å². The molecule has 1 amide bonds. The number of nitrogens with two attached hydrogens (primary N) is 1. The van der Waals surface area contributed by atoms with Crippen LogP contribution in [-0.2, 0) is 6.61 Å². The fraction of sp³-hybridized carbons (Fsp3) is 0.0588. The van der Waals surface area contributed by atoms with Crippen LogP contribution < -0.4 is 16.0 Å². The molecule has 1 heterocycles. The van der Waals surface area contributed by atoms with Crippen molar-refractivity contribution in [2.45, 2.75) is 6.61 Å². The number of para-hydroxylation sites is 2. The van der Waals surface area contributed by atoms with Crippen molar-refractivity contribution >= 4 is 16.8 Å². The molecule has 110 valence electrons. The standard InChI is InChI=1S/C17H15N3O2/c18-20-17(21)14-6-2-4-8-16(14)22-11-13-10-9-12-5-1-3-7-15(12)19-13/h1-10H,11,18H2,(H,20,21). The Hall–Kier alpha value is -2.92. The molecular weight excluding hydrogens is 278 g/mol. The molecule has 5 nitrogen and oxygen atoms in total. The second kappa shape index (κ2) is 6.24. The summed E-state index contributed by atoms with van der Waals surface area (Å²) >= 11 is 0. The maximum Gasteiger partial charge on any atom is 0.268 e. The summed E-state index contributed by atoms with van der Waals surface area (Å²) in [6, 6.07) is 18.7. The van der Waals surface area contributed by atoms with E-state index >= 15 is 0 Å². The molecule has 0 bridgehead atoms. The lowest BCUT2D eigenvalue weighted by atomic mass is 10.2. The Morgan fingerprint density at radius 1 is 1.05 bits per heavy atom. The van der Waals surface area contributed by atoms with E-state index in [1.165, 1.54) is 0 Å². The summed E-state index contributed by atoms with van der Waals surface area (Å²) in [7, 11) is 0. The van der Waals surface area contributed by atoms with Crippen LogP contribution >= 0.6 is 0 Å². The maximum absolute atomic E-state index is 11.7. The smallest absolute Gasteiger partial charge is 0.268 e. The largest absolute Gasteiger partial charge is 0.486 e. The fourth-order valence-corrected chi connectivity index (χ4v) is 2.20. The Labute approximate surface area is 127 Å². The minimum Gasteiger partial charge on any atom is -0.486 e. The van der Waals surface area contributed by atoms with E-state index in [1.54, 1.807) is 24.3 Å². The normalized spacial score (nSPS) is 10.4. The highest BCUT2D eigenvalue weighted by Gasteiger charge is 2.10. The van der Waals surface area contributed by atoms with Crippen LogP contribution in [0, 0.1) is 0 Å². The monoisotopic (exact) mass is 293 g/mol. The number of nitrogens with zero attached hydrogens (tertiary/aromatic N) is 1. The molecule has 0 spiro atoms. The Kier molecular flexibility index (Phi) is 3.98. The molecule has 3 N–H and O–H groups in total. The quantitative estimate of drug-likeness (QED) is 0.440.